The molecule has 0 unspecified atom stereocenters. The second kappa shape index (κ2) is 7.76. The maximum absolute atomic E-state index is 13.4. The first kappa shape index (κ1) is 18.7. The number of carbonyl (C=O) groups excluding carboxylic acids is 1. The molecule has 0 aliphatic carbocycles. The third-order valence-electron chi connectivity index (χ3n) is 5.33. The molecule has 1 aromatic carbocycles. The minimum atomic E-state index is 0.0789. The number of aromatic nitrogens is 1. The van der Waals surface area contributed by atoms with Crippen LogP contribution in [0.15, 0.2) is 29.6 Å². The first-order chi connectivity index (χ1) is 13.1. The number of hydrogen-bond donors (Lipinski definition) is 0. The van der Waals surface area contributed by atoms with Crippen LogP contribution in [0.4, 0.5) is 0 Å². The van der Waals surface area contributed by atoms with Crippen LogP contribution in [0.1, 0.15) is 27.2 Å². The van der Waals surface area contributed by atoms with Gasteiger partial charge in [-0.3, -0.25) is 9.69 Å². The summed E-state index contributed by atoms with van der Waals surface area (Å²) in [5.74, 6) is 0.0789. The first-order valence-electron chi connectivity index (χ1n) is 9.23. The lowest BCUT2D eigenvalue weighted by molar-refractivity contribution is 0.0365. The fourth-order valence-corrected chi connectivity index (χ4v) is 5.03. The number of morpholine rings is 1. The summed E-state index contributed by atoms with van der Waals surface area (Å²) in [6.07, 6.45) is 0. The summed E-state index contributed by atoms with van der Waals surface area (Å²) in [5, 5.41) is 3.78. The van der Waals surface area contributed by atoms with Crippen molar-refractivity contribution in [3.8, 4) is 0 Å². The van der Waals surface area contributed by atoms with E-state index < -0.39 is 0 Å². The van der Waals surface area contributed by atoms with Gasteiger partial charge in [0.1, 0.15) is 4.83 Å². The van der Waals surface area contributed by atoms with E-state index in [1.165, 1.54) is 4.83 Å². The van der Waals surface area contributed by atoms with Gasteiger partial charge >= 0.3 is 0 Å². The molecule has 0 bridgehead atoms. The number of fused-ring (bicyclic) bond motifs is 1. The lowest BCUT2D eigenvalue weighted by Crippen LogP contribution is -2.38. The van der Waals surface area contributed by atoms with Crippen molar-refractivity contribution in [2.24, 2.45) is 0 Å². The average Bonchev–Trinajstić information content (AvgIpc) is 3.21. The summed E-state index contributed by atoms with van der Waals surface area (Å²) in [5.41, 5.74) is 3.50. The quantitative estimate of drug-likeness (QED) is 0.588. The van der Waals surface area contributed by atoms with E-state index in [9.17, 15) is 4.79 Å². The van der Waals surface area contributed by atoms with E-state index in [4.69, 9.17) is 16.3 Å². The molecular formula is C21H23ClN2O2S. The molecule has 0 spiro atoms. The Morgan fingerprint density at radius 3 is 2.70 bits per heavy atom. The molecule has 142 valence electrons. The van der Waals surface area contributed by atoms with Crippen molar-refractivity contribution < 1.29 is 9.53 Å². The molecule has 3 aromatic rings. The van der Waals surface area contributed by atoms with Crippen LogP contribution >= 0.6 is 22.9 Å². The predicted molar refractivity (Wildman–Crippen MR) is 111 cm³/mol. The zero-order valence-electron chi connectivity index (χ0n) is 15.6. The Balaban J connectivity index is 1.68. The van der Waals surface area contributed by atoms with Crippen molar-refractivity contribution in [2.75, 3.05) is 32.8 Å². The molecule has 1 aliphatic rings. The van der Waals surface area contributed by atoms with Crippen LogP contribution in [0.2, 0.25) is 5.02 Å². The minimum Gasteiger partial charge on any atom is -0.379 e. The summed E-state index contributed by atoms with van der Waals surface area (Å²) >= 11 is 7.77. The Labute approximate surface area is 168 Å². The smallest absolute Gasteiger partial charge is 0.195 e. The van der Waals surface area contributed by atoms with Gasteiger partial charge in [0, 0.05) is 47.8 Å². The number of benzene rings is 1. The zero-order valence-corrected chi connectivity index (χ0v) is 17.2. The van der Waals surface area contributed by atoms with E-state index in [2.05, 4.69) is 27.8 Å². The summed E-state index contributed by atoms with van der Waals surface area (Å²) in [6.45, 7) is 9.42. The molecule has 0 amide bonds. The Morgan fingerprint density at radius 1 is 1.19 bits per heavy atom. The van der Waals surface area contributed by atoms with Crippen molar-refractivity contribution >= 4 is 38.9 Å². The van der Waals surface area contributed by atoms with E-state index in [0.29, 0.717) is 5.02 Å². The van der Waals surface area contributed by atoms with Gasteiger partial charge in [0.05, 0.1) is 18.8 Å². The fourth-order valence-electron chi connectivity index (χ4n) is 3.82. The molecule has 0 N–H and O–H groups in total. The number of aryl methyl sites for hydroxylation is 1. The monoisotopic (exact) mass is 402 g/mol. The first-order valence-corrected chi connectivity index (χ1v) is 10.5. The van der Waals surface area contributed by atoms with E-state index in [1.54, 1.807) is 17.4 Å². The van der Waals surface area contributed by atoms with Crippen LogP contribution in [0, 0.1) is 13.8 Å². The zero-order chi connectivity index (χ0) is 19.0. The van der Waals surface area contributed by atoms with E-state index >= 15 is 0 Å². The molecule has 0 saturated carbocycles. The normalized spacial score (nSPS) is 15.5. The third kappa shape index (κ3) is 3.57. The van der Waals surface area contributed by atoms with Crippen molar-refractivity contribution in [3.05, 3.63) is 57.1 Å². The highest BCUT2D eigenvalue weighted by Gasteiger charge is 2.23. The van der Waals surface area contributed by atoms with Crippen LogP contribution < -0.4 is 0 Å². The van der Waals surface area contributed by atoms with E-state index in [1.807, 2.05) is 19.1 Å². The molecular weight excluding hydrogens is 380 g/mol. The van der Waals surface area contributed by atoms with Crippen LogP contribution in [0.3, 0.4) is 0 Å². The highest BCUT2D eigenvalue weighted by molar-refractivity contribution is 7.16. The van der Waals surface area contributed by atoms with Gasteiger partial charge < -0.3 is 9.30 Å². The molecule has 2 aromatic heterocycles. The Bertz CT molecular complexity index is 986. The topological polar surface area (TPSA) is 34.5 Å². The van der Waals surface area contributed by atoms with Gasteiger partial charge in [-0.15, -0.1) is 11.3 Å². The highest BCUT2D eigenvalue weighted by Crippen LogP contribution is 2.32. The summed E-state index contributed by atoms with van der Waals surface area (Å²) in [6, 6.07) is 7.54. The van der Waals surface area contributed by atoms with Gasteiger partial charge in [0.15, 0.2) is 5.78 Å². The lowest BCUT2D eigenvalue weighted by Gasteiger charge is -2.26. The largest absolute Gasteiger partial charge is 0.379 e. The molecule has 1 saturated heterocycles. The lowest BCUT2D eigenvalue weighted by atomic mass is 9.98. The average molecular weight is 403 g/mol. The number of thiophene rings is 1. The molecule has 4 rings (SSSR count). The molecule has 0 radical (unpaired) electrons. The number of carbonyl (C=O) groups is 1. The molecule has 0 atom stereocenters. The van der Waals surface area contributed by atoms with Crippen LogP contribution in [-0.4, -0.2) is 48.1 Å². The Kier molecular flexibility index (Phi) is 5.37. The van der Waals surface area contributed by atoms with Crippen LogP contribution in [-0.2, 0) is 11.3 Å². The van der Waals surface area contributed by atoms with Crippen molar-refractivity contribution in [3.63, 3.8) is 0 Å². The molecule has 6 heteroatoms. The van der Waals surface area contributed by atoms with E-state index in [-0.39, 0.29) is 5.78 Å². The van der Waals surface area contributed by atoms with Crippen LogP contribution in [0.5, 0.6) is 0 Å². The Hall–Kier alpha value is -1.66. The minimum absolute atomic E-state index is 0.0789. The maximum atomic E-state index is 13.4. The van der Waals surface area contributed by atoms with Gasteiger partial charge in [-0.25, -0.2) is 0 Å². The standard InChI is InChI=1S/C21H23ClN2O2S/c1-14-13-16(22)3-4-17(14)20(25)19-15(2)24(21-18(19)5-12-27-21)7-6-23-8-10-26-11-9-23/h3-5,12-13H,6-11H2,1-2H3. The van der Waals surface area contributed by atoms with Crippen molar-refractivity contribution in [1.29, 1.82) is 0 Å². The highest BCUT2D eigenvalue weighted by atomic mass is 35.5. The number of ketones is 1. The van der Waals surface area contributed by atoms with Gasteiger partial charge in [-0.2, -0.15) is 0 Å². The second-order valence-electron chi connectivity index (χ2n) is 6.99. The molecule has 3 heterocycles. The second-order valence-corrected chi connectivity index (χ2v) is 8.32. The number of halogens is 1. The molecule has 1 fully saturated rings. The number of nitrogens with zero attached hydrogens (tertiary/aromatic N) is 2. The fraction of sp³-hybridized carbons (Fsp3) is 0.381. The van der Waals surface area contributed by atoms with Gasteiger partial charge in [0.25, 0.3) is 0 Å². The maximum Gasteiger partial charge on any atom is 0.195 e. The Morgan fingerprint density at radius 2 is 1.96 bits per heavy atom. The molecule has 27 heavy (non-hydrogen) atoms. The van der Waals surface area contributed by atoms with Crippen molar-refractivity contribution in [2.45, 2.75) is 20.4 Å². The molecule has 4 nitrogen and oxygen atoms in total. The van der Waals surface area contributed by atoms with Crippen LogP contribution in [0.25, 0.3) is 10.2 Å². The number of ether oxygens (including phenoxy) is 1. The third-order valence-corrected chi connectivity index (χ3v) is 6.50. The SMILES string of the molecule is Cc1cc(Cl)ccc1C(=O)c1c(C)n(CCN2CCOCC2)c2sccc12. The van der Waals surface area contributed by atoms with Crippen molar-refractivity contribution in [1.82, 2.24) is 9.47 Å². The summed E-state index contributed by atoms with van der Waals surface area (Å²) in [7, 11) is 0. The van der Waals surface area contributed by atoms with E-state index in [0.717, 1.165) is 67.2 Å². The summed E-state index contributed by atoms with van der Waals surface area (Å²) in [4.78, 5) is 17.0. The summed E-state index contributed by atoms with van der Waals surface area (Å²) < 4.78 is 7.74. The number of hydrogen-bond acceptors (Lipinski definition) is 4. The predicted octanol–water partition coefficient (Wildman–Crippen LogP) is 4.54. The van der Waals surface area contributed by atoms with Gasteiger partial charge in [-0.1, -0.05) is 11.6 Å². The molecule has 1 aliphatic heterocycles. The number of rotatable bonds is 5. The van der Waals surface area contributed by atoms with Gasteiger partial charge in [-0.05, 0) is 49.1 Å². The van der Waals surface area contributed by atoms with Gasteiger partial charge in [0.2, 0.25) is 0 Å².